The van der Waals surface area contributed by atoms with Crippen LogP contribution in [0, 0.1) is 5.92 Å². The highest BCUT2D eigenvalue weighted by atomic mass is 16.5. The van der Waals surface area contributed by atoms with Crippen LogP contribution in [0.4, 0.5) is 0 Å². The lowest BCUT2D eigenvalue weighted by Gasteiger charge is -2.52. The van der Waals surface area contributed by atoms with E-state index in [0.717, 1.165) is 45.8 Å². The zero-order valence-corrected chi connectivity index (χ0v) is 12.0. The minimum absolute atomic E-state index is 0.121. The van der Waals surface area contributed by atoms with E-state index in [2.05, 4.69) is 25.7 Å². The Labute approximate surface area is 111 Å². The van der Waals surface area contributed by atoms with Crippen molar-refractivity contribution < 1.29 is 9.47 Å². The molecule has 0 aromatic carbocycles. The molecular formula is C14H28N2O2. The van der Waals surface area contributed by atoms with Crippen molar-refractivity contribution in [3.05, 3.63) is 0 Å². The molecule has 3 atom stereocenters. The molecule has 0 aromatic rings. The second-order valence-corrected chi connectivity index (χ2v) is 6.15. The molecule has 4 heteroatoms. The van der Waals surface area contributed by atoms with Crippen LogP contribution < -0.4 is 5.73 Å². The molecule has 2 heterocycles. The number of rotatable bonds is 3. The molecule has 0 spiro atoms. The van der Waals surface area contributed by atoms with Gasteiger partial charge in [-0.05, 0) is 25.7 Å². The predicted octanol–water partition coefficient (Wildman–Crippen LogP) is 1.24. The highest BCUT2D eigenvalue weighted by Crippen LogP contribution is 2.35. The van der Waals surface area contributed by atoms with Gasteiger partial charge in [0.2, 0.25) is 0 Å². The average Bonchev–Trinajstić information content (AvgIpc) is 2.39. The monoisotopic (exact) mass is 256 g/mol. The normalized spacial score (nSPS) is 39.2. The van der Waals surface area contributed by atoms with Gasteiger partial charge in [0, 0.05) is 31.3 Å². The van der Waals surface area contributed by atoms with Crippen LogP contribution in [-0.2, 0) is 9.47 Å². The van der Waals surface area contributed by atoms with Crippen molar-refractivity contribution in [2.24, 2.45) is 11.7 Å². The zero-order valence-electron chi connectivity index (χ0n) is 12.0. The largest absolute Gasteiger partial charge is 0.379 e. The van der Waals surface area contributed by atoms with Gasteiger partial charge in [-0.2, -0.15) is 0 Å². The zero-order chi connectivity index (χ0) is 13.2. The fourth-order valence-corrected chi connectivity index (χ4v) is 3.36. The second-order valence-electron chi connectivity index (χ2n) is 6.15. The smallest absolute Gasteiger partial charge is 0.0620 e. The number of nitrogens with two attached hydrogens (primary N) is 1. The van der Waals surface area contributed by atoms with Crippen molar-refractivity contribution in [1.29, 1.82) is 0 Å². The third kappa shape index (κ3) is 2.72. The van der Waals surface area contributed by atoms with Crippen LogP contribution in [0.1, 0.15) is 33.6 Å². The molecule has 2 aliphatic heterocycles. The maximum absolute atomic E-state index is 6.16. The van der Waals surface area contributed by atoms with Crippen molar-refractivity contribution in [1.82, 2.24) is 4.90 Å². The number of hydrogen-bond donors (Lipinski definition) is 1. The summed E-state index contributed by atoms with van der Waals surface area (Å²) in [7, 11) is 0. The highest BCUT2D eigenvalue weighted by molar-refractivity contribution is 4.99. The van der Waals surface area contributed by atoms with E-state index in [-0.39, 0.29) is 5.54 Å². The van der Waals surface area contributed by atoms with Gasteiger partial charge in [0.25, 0.3) is 0 Å². The Bertz CT molecular complexity index is 273. The van der Waals surface area contributed by atoms with Gasteiger partial charge in [0.05, 0.1) is 19.3 Å². The van der Waals surface area contributed by atoms with Crippen LogP contribution >= 0.6 is 0 Å². The Morgan fingerprint density at radius 3 is 2.78 bits per heavy atom. The summed E-state index contributed by atoms with van der Waals surface area (Å²) in [6, 6.07) is 0.466. The Morgan fingerprint density at radius 2 is 2.17 bits per heavy atom. The molecule has 0 aromatic heterocycles. The van der Waals surface area contributed by atoms with Gasteiger partial charge in [0.15, 0.2) is 0 Å². The molecule has 2 aliphatic rings. The molecular weight excluding hydrogens is 228 g/mol. The van der Waals surface area contributed by atoms with Gasteiger partial charge >= 0.3 is 0 Å². The molecule has 106 valence electrons. The summed E-state index contributed by atoms with van der Waals surface area (Å²) >= 11 is 0. The van der Waals surface area contributed by atoms with E-state index in [0.29, 0.717) is 18.1 Å². The molecule has 0 bridgehead atoms. The molecule has 4 nitrogen and oxygen atoms in total. The van der Waals surface area contributed by atoms with Crippen LogP contribution in [0.3, 0.4) is 0 Å². The lowest BCUT2D eigenvalue weighted by molar-refractivity contribution is -0.125. The van der Waals surface area contributed by atoms with Crippen molar-refractivity contribution in [2.45, 2.75) is 51.3 Å². The Hall–Kier alpha value is -0.160. The summed E-state index contributed by atoms with van der Waals surface area (Å²) in [5, 5.41) is 0. The van der Waals surface area contributed by atoms with Crippen LogP contribution in [-0.4, -0.2) is 55.5 Å². The summed E-state index contributed by atoms with van der Waals surface area (Å²) in [6.07, 6.45) is 2.46. The van der Waals surface area contributed by atoms with Gasteiger partial charge in [-0.25, -0.2) is 0 Å². The second kappa shape index (κ2) is 5.87. The summed E-state index contributed by atoms with van der Waals surface area (Å²) in [5.74, 6) is 0.563. The van der Waals surface area contributed by atoms with Crippen molar-refractivity contribution in [3.63, 3.8) is 0 Å². The first-order valence-electron chi connectivity index (χ1n) is 7.25. The number of hydrogen-bond acceptors (Lipinski definition) is 4. The van der Waals surface area contributed by atoms with Crippen molar-refractivity contribution in [3.8, 4) is 0 Å². The molecule has 2 N–H and O–H groups in total. The van der Waals surface area contributed by atoms with E-state index in [4.69, 9.17) is 15.2 Å². The van der Waals surface area contributed by atoms with Gasteiger partial charge in [0.1, 0.15) is 0 Å². The molecule has 0 amide bonds. The molecule has 2 saturated heterocycles. The average molecular weight is 256 g/mol. The van der Waals surface area contributed by atoms with Crippen LogP contribution in [0.5, 0.6) is 0 Å². The van der Waals surface area contributed by atoms with Crippen LogP contribution in [0.2, 0.25) is 0 Å². The Balaban J connectivity index is 2.13. The molecule has 0 radical (unpaired) electrons. The van der Waals surface area contributed by atoms with Gasteiger partial charge in [-0.15, -0.1) is 0 Å². The Morgan fingerprint density at radius 1 is 1.39 bits per heavy atom. The van der Waals surface area contributed by atoms with Crippen LogP contribution in [0.15, 0.2) is 0 Å². The minimum Gasteiger partial charge on any atom is -0.379 e. The lowest BCUT2D eigenvalue weighted by Crippen LogP contribution is -2.64. The van der Waals surface area contributed by atoms with Gasteiger partial charge in [-0.3, -0.25) is 4.90 Å². The van der Waals surface area contributed by atoms with E-state index in [1.54, 1.807) is 0 Å². The van der Waals surface area contributed by atoms with E-state index in [1.807, 2.05) is 0 Å². The molecule has 2 rings (SSSR count). The lowest BCUT2D eigenvalue weighted by atomic mass is 9.80. The van der Waals surface area contributed by atoms with Gasteiger partial charge in [-0.1, -0.05) is 13.8 Å². The molecule has 3 unspecified atom stereocenters. The molecule has 0 aliphatic carbocycles. The first-order valence-corrected chi connectivity index (χ1v) is 7.25. The Kier molecular flexibility index (Phi) is 4.64. The van der Waals surface area contributed by atoms with Crippen molar-refractivity contribution >= 4 is 0 Å². The fraction of sp³-hybridized carbons (Fsp3) is 1.00. The third-order valence-electron chi connectivity index (χ3n) is 4.58. The minimum atomic E-state index is 0.121. The quantitative estimate of drug-likeness (QED) is 0.825. The standard InChI is InChI=1S/C14H28N2O2/c1-11(2)13-8-14(10-15,4-6-18-13)16-5-7-17-9-12(16)3/h11-13H,4-10,15H2,1-3H3. The van der Waals surface area contributed by atoms with Crippen LogP contribution in [0.25, 0.3) is 0 Å². The van der Waals surface area contributed by atoms with E-state index in [9.17, 15) is 0 Å². The predicted molar refractivity (Wildman–Crippen MR) is 72.6 cm³/mol. The number of morpholine rings is 1. The summed E-state index contributed by atoms with van der Waals surface area (Å²) in [4.78, 5) is 2.58. The topological polar surface area (TPSA) is 47.7 Å². The fourth-order valence-electron chi connectivity index (χ4n) is 3.36. The number of ether oxygens (including phenoxy) is 2. The highest BCUT2D eigenvalue weighted by Gasteiger charge is 2.44. The molecule has 2 fully saturated rings. The molecule has 0 saturated carbocycles. The summed E-state index contributed by atoms with van der Waals surface area (Å²) in [6.45, 7) is 10.9. The van der Waals surface area contributed by atoms with E-state index >= 15 is 0 Å². The molecule has 18 heavy (non-hydrogen) atoms. The first kappa shape index (κ1) is 14.3. The van der Waals surface area contributed by atoms with E-state index < -0.39 is 0 Å². The maximum Gasteiger partial charge on any atom is 0.0620 e. The SMILES string of the molecule is CC(C)C1CC(CN)(N2CCOCC2C)CCO1. The first-order chi connectivity index (χ1) is 8.59. The summed E-state index contributed by atoms with van der Waals surface area (Å²) < 4.78 is 11.5. The number of nitrogens with zero attached hydrogens (tertiary/aromatic N) is 1. The maximum atomic E-state index is 6.16. The van der Waals surface area contributed by atoms with Gasteiger partial charge < -0.3 is 15.2 Å². The third-order valence-corrected chi connectivity index (χ3v) is 4.58. The summed E-state index contributed by atoms with van der Waals surface area (Å²) in [5.41, 5.74) is 6.28. The van der Waals surface area contributed by atoms with Crippen molar-refractivity contribution in [2.75, 3.05) is 32.9 Å². The van der Waals surface area contributed by atoms with E-state index in [1.165, 1.54) is 0 Å².